The molecule has 2 amide bonds. The Kier molecular flexibility index (Phi) is 7.18. The van der Waals surface area contributed by atoms with Gasteiger partial charge < -0.3 is 0 Å². The Balaban J connectivity index is 2.60. The quantitative estimate of drug-likeness (QED) is 0.591. The van der Waals surface area contributed by atoms with E-state index >= 15 is 0 Å². The number of sulfonamides is 2. The van der Waals surface area contributed by atoms with Crippen molar-refractivity contribution < 1.29 is 26.4 Å². The highest BCUT2D eigenvalue weighted by atomic mass is 35.5. The van der Waals surface area contributed by atoms with Gasteiger partial charge in [0.15, 0.2) is 0 Å². The summed E-state index contributed by atoms with van der Waals surface area (Å²) >= 11 is 11.7. The van der Waals surface area contributed by atoms with E-state index in [1.54, 1.807) is 9.44 Å². The first-order chi connectivity index (χ1) is 13.8. The maximum Gasteiger partial charge on any atom is 0.266 e. The van der Waals surface area contributed by atoms with Crippen LogP contribution in [0.2, 0.25) is 10.0 Å². The molecule has 0 fully saturated rings. The zero-order valence-corrected chi connectivity index (χ0v) is 18.5. The Hall–Kier alpha value is -2.54. The minimum Gasteiger partial charge on any atom is -0.274 e. The molecule has 0 aliphatic rings. The second kappa shape index (κ2) is 9.08. The Morgan fingerprint density at radius 3 is 1.37 bits per heavy atom. The number of azo groups is 1. The van der Waals surface area contributed by atoms with E-state index in [4.69, 9.17) is 23.2 Å². The van der Waals surface area contributed by atoms with Gasteiger partial charge in [0.2, 0.25) is 11.8 Å². The fourth-order valence-electron chi connectivity index (χ4n) is 2.17. The standard InChI is InChI=1S/C16H14Cl2N4O6S2/c1-9(23)21-29(25,26)15-7-11(17)3-5-13(15)19-20-14-6-4-12(18)8-16(14)30(27,28)22-10(2)24/h3-8H,1-2H3,(H,21,23)(H,22,24). The maximum atomic E-state index is 12.4. The molecule has 0 aromatic heterocycles. The summed E-state index contributed by atoms with van der Waals surface area (Å²) in [5, 5.41) is 7.69. The van der Waals surface area contributed by atoms with Crippen LogP contribution in [0.1, 0.15) is 13.8 Å². The summed E-state index contributed by atoms with van der Waals surface area (Å²) < 4.78 is 53.0. The van der Waals surface area contributed by atoms with E-state index < -0.39 is 41.7 Å². The van der Waals surface area contributed by atoms with Crippen molar-refractivity contribution >= 4 is 66.4 Å². The van der Waals surface area contributed by atoms with Crippen LogP contribution in [-0.2, 0) is 29.6 Å². The van der Waals surface area contributed by atoms with Crippen LogP contribution in [0.4, 0.5) is 11.4 Å². The summed E-state index contributed by atoms with van der Waals surface area (Å²) in [5.74, 6) is -1.67. The van der Waals surface area contributed by atoms with Crippen LogP contribution in [0.25, 0.3) is 0 Å². The molecule has 10 nitrogen and oxygen atoms in total. The van der Waals surface area contributed by atoms with Crippen LogP contribution in [0.3, 0.4) is 0 Å². The number of hydrogen-bond donors (Lipinski definition) is 2. The number of nitrogens with one attached hydrogen (secondary N) is 2. The Labute approximate surface area is 182 Å². The molecule has 0 aliphatic heterocycles. The lowest BCUT2D eigenvalue weighted by Gasteiger charge is -2.09. The first-order valence-electron chi connectivity index (χ1n) is 7.89. The third kappa shape index (κ3) is 5.98. The molecule has 0 spiro atoms. The first-order valence-corrected chi connectivity index (χ1v) is 11.6. The van der Waals surface area contributed by atoms with Crippen LogP contribution in [0, 0.1) is 0 Å². The predicted octanol–water partition coefficient (Wildman–Crippen LogP) is 3.06. The molecule has 0 atom stereocenters. The lowest BCUT2D eigenvalue weighted by Crippen LogP contribution is -2.28. The van der Waals surface area contributed by atoms with Crippen LogP contribution < -0.4 is 9.44 Å². The average Bonchev–Trinajstić information content (AvgIpc) is 2.59. The average molecular weight is 493 g/mol. The molecule has 2 rings (SSSR count). The van der Waals surface area contributed by atoms with Crippen molar-refractivity contribution in [3.63, 3.8) is 0 Å². The minimum atomic E-state index is -4.31. The van der Waals surface area contributed by atoms with Crippen molar-refractivity contribution in [2.75, 3.05) is 0 Å². The summed E-state index contributed by atoms with van der Waals surface area (Å²) in [4.78, 5) is 21.5. The van der Waals surface area contributed by atoms with E-state index in [0.29, 0.717) is 0 Å². The van der Waals surface area contributed by atoms with Crippen LogP contribution >= 0.6 is 23.2 Å². The van der Waals surface area contributed by atoms with Gasteiger partial charge in [-0.15, -0.1) is 10.2 Å². The fourth-order valence-corrected chi connectivity index (χ4v) is 4.95. The minimum absolute atomic E-state index is 0.0540. The SMILES string of the molecule is CC(=O)NS(=O)(=O)c1cc(Cl)ccc1N=Nc1ccc(Cl)cc1S(=O)(=O)NC(C)=O. The number of rotatable bonds is 6. The highest BCUT2D eigenvalue weighted by Crippen LogP contribution is 2.32. The smallest absolute Gasteiger partial charge is 0.266 e. The molecule has 14 heteroatoms. The van der Waals surface area contributed by atoms with Crippen molar-refractivity contribution in [2.45, 2.75) is 23.6 Å². The van der Waals surface area contributed by atoms with Gasteiger partial charge in [0.05, 0.1) is 0 Å². The van der Waals surface area contributed by atoms with Crippen LogP contribution in [0.5, 0.6) is 0 Å². The molecule has 2 aromatic carbocycles. The monoisotopic (exact) mass is 492 g/mol. The van der Waals surface area contributed by atoms with Crippen molar-refractivity contribution in [3.05, 3.63) is 46.4 Å². The summed E-state index contributed by atoms with van der Waals surface area (Å²) in [7, 11) is -8.62. The molecular weight excluding hydrogens is 479 g/mol. The van der Waals surface area contributed by atoms with Crippen molar-refractivity contribution in [1.29, 1.82) is 0 Å². The van der Waals surface area contributed by atoms with Gasteiger partial charge >= 0.3 is 0 Å². The number of halogens is 2. The molecule has 2 aromatic rings. The molecule has 0 bridgehead atoms. The Morgan fingerprint density at radius 1 is 0.733 bits per heavy atom. The molecule has 160 valence electrons. The fraction of sp³-hybridized carbons (Fsp3) is 0.125. The third-order valence-corrected chi connectivity index (χ3v) is 6.64. The van der Waals surface area contributed by atoms with Gasteiger partial charge in [-0.3, -0.25) is 9.59 Å². The lowest BCUT2D eigenvalue weighted by molar-refractivity contribution is -0.118. The van der Waals surface area contributed by atoms with Crippen molar-refractivity contribution in [3.8, 4) is 0 Å². The number of carbonyl (C=O) groups excluding carboxylic acids is 2. The van der Waals surface area contributed by atoms with Gasteiger partial charge in [0.1, 0.15) is 21.2 Å². The molecule has 30 heavy (non-hydrogen) atoms. The zero-order valence-electron chi connectivity index (χ0n) is 15.4. The molecule has 0 radical (unpaired) electrons. The summed E-state index contributed by atoms with van der Waals surface area (Å²) in [6.07, 6.45) is 0. The van der Waals surface area contributed by atoms with Gasteiger partial charge in [-0.05, 0) is 36.4 Å². The summed E-state index contributed by atoms with van der Waals surface area (Å²) in [6.45, 7) is 2.02. The van der Waals surface area contributed by atoms with Crippen molar-refractivity contribution in [2.24, 2.45) is 10.2 Å². The Morgan fingerprint density at radius 2 is 1.07 bits per heavy atom. The largest absolute Gasteiger partial charge is 0.274 e. The van der Waals surface area contributed by atoms with E-state index in [0.717, 1.165) is 26.0 Å². The third-order valence-electron chi connectivity index (χ3n) is 3.24. The van der Waals surface area contributed by atoms with Gasteiger partial charge in [-0.25, -0.2) is 26.3 Å². The van der Waals surface area contributed by atoms with Crippen LogP contribution in [0.15, 0.2) is 56.4 Å². The second-order valence-corrected chi connectivity index (χ2v) is 9.92. The van der Waals surface area contributed by atoms with Crippen molar-refractivity contribution in [1.82, 2.24) is 9.44 Å². The van der Waals surface area contributed by atoms with Gasteiger partial charge in [-0.1, -0.05) is 23.2 Å². The predicted molar refractivity (Wildman–Crippen MR) is 109 cm³/mol. The molecule has 0 saturated carbocycles. The molecular formula is C16H14Cl2N4O6S2. The Bertz CT molecular complexity index is 1160. The maximum absolute atomic E-state index is 12.4. The second-order valence-electron chi connectivity index (χ2n) is 5.75. The molecule has 0 saturated heterocycles. The number of benzene rings is 2. The summed E-state index contributed by atoms with van der Waals surface area (Å²) in [6, 6.07) is 7.21. The lowest BCUT2D eigenvalue weighted by atomic mass is 10.3. The van der Waals surface area contributed by atoms with E-state index in [2.05, 4.69) is 10.2 Å². The zero-order chi connectivity index (χ0) is 22.7. The number of hydrogen-bond acceptors (Lipinski definition) is 8. The van der Waals surface area contributed by atoms with Crippen LogP contribution in [-0.4, -0.2) is 28.6 Å². The van der Waals surface area contributed by atoms with E-state index in [-0.39, 0.29) is 21.4 Å². The number of nitrogens with zero attached hydrogens (tertiary/aromatic N) is 2. The molecule has 0 aliphatic carbocycles. The summed E-state index contributed by atoms with van der Waals surface area (Å²) in [5.41, 5.74) is -0.433. The van der Waals surface area contributed by atoms with Gasteiger partial charge in [0.25, 0.3) is 20.0 Å². The van der Waals surface area contributed by atoms with E-state index in [1.165, 1.54) is 24.3 Å². The van der Waals surface area contributed by atoms with E-state index in [1.807, 2.05) is 0 Å². The van der Waals surface area contributed by atoms with Gasteiger partial charge in [-0.2, -0.15) is 0 Å². The first kappa shape index (κ1) is 23.7. The highest BCUT2D eigenvalue weighted by Gasteiger charge is 2.22. The molecule has 0 heterocycles. The number of carbonyl (C=O) groups is 2. The highest BCUT2D eigenvalue weighted by molar-refractivity contribution is 7.90. The topological polar surface area (TPSA) is 151 Å². The number of amides is 2. The van der Waals surface area contributed by atoms with E-state index in [9.17, 15) is 26.4 Å². The van der Waals surface area contributed by atoms with Gasteiger partial charge in [0, 0.05) is 23.9 Å². The molecule has 2 N–H and O–H groups in total. The molecule has 0 unspecified atom stereocenters. The normalized spacial score (nSPS) is 12.0.